The molecule has 0 spiro atoms. The molecule has 0 aliphatic carbocycles. The number of hydrogen-bond donors (Lipinski definition) is 1. The Balaban J connectivity index is 1.85. The molecule has 1 aromatic heterocycles. The number of aromatic nitrogens is 1. The van der Waals surface area contributed by atoms with Crippen LogP contribution in [0, 0.1) is 10.1 Å². The molecular formula is C14H12BrN3O3. The summed E-state index contributed by atoms with van der Waals surface area (Å²) in [5.41, 5.74) is 2.54. The third-order valence-corrected chi connectivity index (χ3v) is 3.75. The number of halogens is 1. The Hall–Kier alpha value is -2.15. The third-order valence-electron chi connectivity index (χ3n) is 3.29. The number of benzene rings is 1. The molecule has 21 heavy (non-hydrogen) atoms. The Morgan fingerprint density at radius 2 is 2.33 bits per heavy atom. The highest BCUT2D eigenvalue weighted by Gasteiger charge is 2.18. The minimum atomic E-state index is -0.447. The molecule has 0 fully saturated rings. The average Bonchev–Trinajstić information content (AvgIpc) is 2.93. The van der Waals surface area contributed by atoms with E-state index in [-0.39, 0.29) is 5.69 Å². The number of pyridine rings is 1. The second-order valence-corrected chi connectivity index (χ2v) is 5.57. The SMILES string of the molecule is O=[N+]([O-])c1cnccc1NCc1cc(Br)cc2c1OCC2. The highest BCUT2D eigenvalue weighted by molar-refractivity contribution is 9.10. The van der Waals surface area contributed by atoms with Crippen LogP contribution in [-0.2, 0) is 13.0 Å². The van der Waals surface area contributed by atoms with E-state index in [0.717, 1.165) is 27.8 Å². The van der Waals surface area contributed by atoms with Crippen LogP contribution in [0.2, 0.25) is 0 Å². The molecule has 0 amide bonds. The molecular weight excluding hydrogens is 338 g/mol. The molecule has 1 N–H and O–H groups in total. The van der Waals surface area contributed by atoms with E-state index in [4.69, 9.17) is 4.74 Å². The first-order valence-electron chi connectivity index (χ1n) is 6.41. The van der Waals surface area contributed by atoms with Gasteiger partial charge in [-0.3, -0.25) is 15.1 Å². The Morgan fingerprint density at radius 1 is 1.48 bits per heavy atom. The van der Waals surface area contributed by atoms with Crippen LogP contribution >= 0.6 is 15.9 Å². The summed E-state index contributed by atoms with van der Waals surface area (Å²) >= 11 is 3.48. The fourth-order valence-electron chi connectivity index (χ4n) is 2.35. The normalized spacial score (nSPS) is 12.6. The van der Waals surface area contributed by atoms with Crippen molar-refractivity contribution in [2.45, 2.75) is 13.0 Å². The van der Waals surface area contributed by atoms with Crippen molar-refractivity contribution >= 4 is 27.3 Å². The first-order chi connectivity index (χ1) is 10.1. The van der Waals surface area contributed by atoms with Gasteiger partial charge in [-0.25, -0.2) is 0 Å². The second kappa shape index (κ2) is 5.69. The smallest absolute Gasteiger partial charge is 0.310 e. The second-order valence-electron chi connectivity index (χ2n) is 4.66. The Kier molecular flexibility index (Phi) is 3.74. The Morgan fingerprint density at radius 3 is 3.14 bits per heavy atom. The monoisotopic (exact) mass is 349 g/mol. The molecule has 6 nitrogen and oxygen atoms in total. The van der Waals surface area contributed by atoms with Crippen LogP contribution in [0.15, 0.2) is 35.1 Å². The molecule has 0 radical (unpaired) electrons. The predicted molar refractivity (Wildman–Crippen MR) is 81.6 cm³/mol. The summed E-state index contributed by atoms with van der Waals surface area (Å²) in [5, 5.41) is 14.1. The number of hydrogen-bond acceptors (Lipinski definition) is 5. The fraction of sp³-hybridized carbons (Fsp3) is 0.214. The lowest BCUT2D eigenvalue weighted by Crippen LogP contribution is -2.04. The first-order valence-corrected chi connectivity index (χ1v) is 7.21. The molecule has 3 rings (SSSR count). The number of nitro groups is 1. The maximum Gasteiger partial charge on any atom is 0.310 e. The summed E-state index contributed by atoms with van der Waals surface area (Å²) in [5.74, 6) is 0.877. The standard InChI is InChI=1S/C14H12BrN3O3/c15-11-5-9-2-4-21-14(9)10(6-11)7-17-12-1-3-16-8-13(12)18(19)20/h1,3,5-6,8H,2,4,7H2,(H,16,17). The van der Waals surface area contributed by atoms with Crippen LogP contribution in [0.1, 0.15) is 11.1 Å². The minimum Gasteiger partial charge on any atom is -0.493 e. The lowest BCUT2D eigenvalue weighted by atomic mass is 10.1. The zero-order chi connectivity index (χ0) is 14.8. The topological polar surface area (TPSA) is 77.3 Å². The molecule has 1 aliphatic heterocycles. The zero-order valence-electron chi connectivity index (χ0n) is 11.0. The summed E-state index contributed by atoms with van der Waals surface area (Å²) in [6.45, 7) is 1.13. The van der Waals surface area contributed by atoms with Gasteiger partial charge in [-0.1, -0.05) is 15.9 Å². The van der Waals surface area contributed by atoms with Crippen molar-refractivity contribution in [2.75, 3.05) is 11.9 Å². The van der Waals surface area contributed by atoms with Gasteiger partial charge in [0.05, 0.1) is 11.5 Å². The van der Waals surface area contributed by atoms with Crippen molar-refractivity contribution in [3.05, 3.63) is 56.3 Å². The molecule has 108 valence electrons. The van der Waals surface area contributed by atoms with Crippen LogP contribution < -0.4 is 10.1 Å². The van der Waals surface area contributed by atoms with Crippen LogP contribution in [0.5, 0.6) is 5.75 Å². The van der Waals surface area contributed by atoms with Crippen molar-refractivity contribution in [2.24, 2.45) is 0 Å². The Bertz CT molecular complexity index is 706. The Labute approximate surface area is 129 Å². The van der Waals surface area contributed by atoms with Gasteiger partial charge in [0.1, 0.15) is 17.6 Å². The van der Waals surface area contributed by atoms with E-state index in [1.165, 1.54) is 12.4 Å². The molecule has 0 atom stereocenters. The number of fused-ring (bicyclic) bond motifs is 1. The summed E-state index contributed by atoms with van der Waals surface area (Å²) < 4.78 is 6.62. The number of anilines is 1. The van der Waals surface area contributed by atoms with E-state index in [1.807, 2.05) is 12.1 Å². The maximum absolute atomic E-state index is 11.0. The number of ether oxygens (including phenoxy) is 1. The number of nitrogens with zero attached hydrogens (tertiary/aromatic N) is 2. The highest BCUT2D eigenvalue weighted by Crippen LogP contribution is 2.34. The van der Waals surface area contributed by atoms with E-state index >= 15 is 0 Å². The van der Waals surface area contributed by atoms with Gasteiger partial charge in [0.15, 0.2) is 0 Å². The van der Waals surface area contributed by atoms with Gasteiger partial charge < -0.3 is 10.1 Å². The van der Waals surface area contributed by atoms with Gasteiger partial charge in [0, 0.05) is 29.2 Å². The van der Waals surface area contributed by atoms with Crippen LogP contribution in [0.4, 0.5) is 11.4 Å². The minimum absolute atomic E-state index is 0.0370. The van der Waals surface area contributed by atoms with Gasteiger partial charge in [0.25, 0.3) is 0 Å². The van der Waals surface area contributed by atoms with Gasteiger partial charge in [-0.05, 0) is 23.8 Å². The lowest BCUT2D eigenvalue weighted by Gasteiger charge is -2.11. The van der Waals surface area contributed by atoms with Crippen LogP contribution in [0.3, 0.4) is 0 Å². The molecule has 7 heteroatoms. The summed E-state index contributed by atoms with van der Waals surface area (Å²) in [6, 6.07) is 5.60. The van der Waals surface area contributed by atoms with Crippen LogP contribution in [0.25, 0.3) is 0 Å². The quantitative estimate of drug-likeness (QED) is 0.676. The van der Waals surface area contributed by atoms with Crippen molar-refractivity contribution < 1.29 is 9.66 Å². The number of rotatable bonds is 4. The molecule has 0 saturated heterocycles. The van der Waals surface area contributed by atoms with E-state index < -0.39 is 4.92 Å². The van der Waals surface area contributed by atoms with Gasteiger partial charge in [0.2, 0.25) is 0 Å². The molecule has 1 aliphatic rings. The van der Waals surface area contributed by atoms with E-state index in [2.05, 4.69) is 26.2 Å². The molecule has 0 saturated carbocycles. The maximum atomic E-state index is 11.0. The summed E-state index contributed by atoms with van der Waals surface area (Å²) in [6.07, 6.45) is 3.65. The van der Waals surface area contributed by atoms with Gasteiger partial charge in [-0.15, -0.1) is 0 Å². The largest absolute Gasteiger partial charge is 0.493 e. The zero-order valence-corrected chi connectivity index (χ0v) is 12.6. The molecule has 1 aromatic carbocycles. The molecule has 2 heterocycles. The van der Waals surface area contributed by atoms with Crippen molar-refractivity contribution in [3.8, 4) is 5.75 Å². The highest BCUT2D eigenvalue weighted by atomic mass is 79.9. The van der Waals surface area contributed by atoms with E-state index in [0.29, 0.717) is 18.8 Å². The molecule has 0 bridgehead atoms. The average molecular weight is 350 g/mol. The van der Waals surface area contributed by atoms with Crippen molar-refractivity contribution in [3.63, 3.8) is 0 Å². The van der Waals surface area contributed by atoms with E-state index in [1.54, 1.807) is 6.07 Å². The predicted octanol–water partition coefficient (Wildman–Crippen LogP) is 3.30. The third kappa shape index (κ3) is 2.82. The first kappa shape index (κ1) is 13.8. The number of nitrogens with one attached hydrogen (secondary N) is 1. The molecule has 0 unspecified atom stereocenters. The van der Waals surface area contributed by atoms with Crippen LogP contribution in [-0.4, -0.2) is 16.5 Å². The van der Waals surface area contributed by atoms with Gasteiger partial charge in [-0.2, -0.15) is 0 Å². The van der Waals surface area contributed by atoms with E-state index in [9.17, 15) is 10.1 Å². The van der Waals surface area contributed by atoms with Crippen molar-refractivity contribution in [1.29, 1.82) is 0 Å². The fourth-order valence-corrected chi connectivity index (χ4v) is 2.90. The summed E-state index contributed by atoms with van der Waals surface area (Å²) in [4.78, 5) is 14.3. The lowest BCUT2D eigenvalue weighted by molar-refractivity contribution is -0.384. The molecule has 2 aromatic rings. The van der Waals surface area contributed by atoms with Gasteiger partial charge >= 0.3 is 5.69 Å². The summed E-state index contributed by atoms with van der Waals surface area (Å²) in [7, 11) is 0. The van der Waals surface area contributed by atoms with Crippen molar-refractivity contribution in [1.82, 2.24) is 4.98 Å².